The average Bonchev–Trinajstić information content (AvgIpc) is 3.32. The Labute approximate surface area is 206 Å². The van der Waals surface area contributed by atoms with Crippen molar-refractivity contribution in [3.05, 3.63) is 29.8 Å². The number of carbonyl (C=O) groups is 4. The van der Waals surface area contributed by atoms with Crippen molar-refractivity contribution in [1.29, 1.82) is 0 Å². The third-order valence-corrected chi connectivity index (χ3v) is 5.96. The number of phenols is 1. The monoisotopic (exact) mass is 490 g/mol. The summed E-state index contributed by atoms with van der Waals surface area (Å²) in [5.74, 6) is -2.78. The summed E-state index contributed by atoms with van der Waals surface area (Å²) in [6.45, 7) is 7.96. The van der Waals surface area contributed by atoms with E-state index in [1.165, 1.54) is 12.1 Å². The fourth-order valence-corrected chi connectivity index (χ4v) is 4.00. The second-order valence-corrected chi connectivity index (χ2v) is 9.84. The van der Waals surface area contributed by atoms with Gasteiger partial charge in [-0.05, 0) is 55.3 Å². The number of aromatic hydroxyl groups is 1. The largest absolute Gasteiger partial charge is 0.508 e. The van der Waals surface area contributed by atoms with Crippen molar-refractivity contribution >= 4 is 23.7 Å². The van der Waals surface area contributed by atoms with Crippen LogP contribution in [0.3, 0.4) is 0 Å². The molecule has 1 heterocycles. The topological polar surface area (TPSA) is 157 Å². The zero-order valence-corrected chi connectivity index (χ0v) is 20.8. The van der Waals surface area contributed by atoms with Crippen molar-refractivity contribution in [2.75, 3.05) is 6.54 Å². The van der Waals surface area contributed by atoms with Crippen LogP contribution >= 0.6 is 0 Å². The molecule has 2 rings (SSSR count). The lowest BCUT2D eigenvalue weighted by molar-refractivity contribution is -0.143. The van der Waals surface area contributed by atoms with Gasteiger partial charge in [0.1, 0.15) is 23.9 Å². The van der Waals surface area contributed by atoms with Crippen molar-refractivity contribution in [3.63, 3.8) is 0 Å². The molecule has 1 aromatic carbocycles. The zero-order chi connectivity index (χ0) is 26.1. The molecular weight excluding hydrogens is 452 g/mol. The molecule has 194 valence electrons. The molecule has 0 radical (unpaired) electrons. The lowest BCUT2D eigenvalue weighted by Crippen LogP contribution is -2.58. The van der Waals surface area contributed by atoms with Crippen LogP contribution in [0.2, 0.25) is 0 Å². The van der Waals surface area contributed by atoms with E-state index in [2.05, 4.69) is 21.3 Å². The normalized spacial score (nSPS) is 18.1. The van der Waals surface area contributed by atoms with E-state index in [0.717, 1.165) is 13.0 Å². The number of carboxylic acids is 1. The van der Waals surface area contributed by atoms with Crippen LogP contribution < -0.4 is 21.3 Å². The van der Waals surface area contributed by atoms with E-state index < -0.39 is 35.9 Å². The zero-order valence-electron chi connectivity index (χ0n) is 20.8. The molecule has 0 aliphatic carbocycles. The summed E-state index contributed by atoms with van der Waals surface area (Å²) in [7, 11) is 0. The van der Waals surface area contributed by atoms with E-state index in [1.54, 1.807) is 26.0 Å². The van der Waals surface area contributed by atoms with Gasteiger partial charge in [0.15, 0.2) is 0 Å². The molecule has 0 bridgehead atoms. The quantitative estimate of drug-likeness (QED) is 0.254. The highest BCUT2D eigenvalue weighted by Gasteiger charge is 2.32. The second kappa shape index (κ2) is 13.1. The fraction of sp³-hybridized carbons (Fsp3) is 0.600. The molecule has 1 aliphatic heterocycles. The highest BCUT2D eigenvalue weighted by molar-refractivity contribution is 5.94. The van der Waals surface area contributed by atoms with Crippen molar-refractivity contribution in [2.24, 2.45) is 11.8 Å². The van der Waals surface area contributed by atoms with Crippen LogP contribution in [-0.4, -0.2) is 64.6 Å². The first-order valence-corrected chi connectivity index (χ1v) is 12.1. The van der Waals surface area contributed by atoms with Crippen LogP contribution in [0.1, 0.15) is 52.5 Å². The van der Waals surface area contributed by atoms with E-state index >= 15 is 0 Å². The molecule has 6 N–H and O–H groups in total. The lowest BCUT2D eigenvalue weighted by Gasteiger charge is -2.27. The van der Waals surface area contributed by atoms with Crippen LogP contribution in [0.5, 0.6) is 5.75 Å². The summed E-state index contributed by atoms with van der Waals surface area (Å²) >= 11 is 0. The number of amides is 3. The Morgan fingerprint density at radius 3 is 2.11 bits per heavy atom. The average molecular weight is 491 g/mol. The van der Waals surface area contributed by atoms with Gasteiger partial charge < -0.3 is 31.5 Å². The molecule has 0 saturated carbocycles. The van der Waals surface area contributed by atoms with Gasteiger partial charge in [0.25, 0.3) is 0 Å². The molecule has 35 heavy (non-hydrogen) atoms. The molecule has 10 heteroatoms. The van der Waals surface area contributed by atoms with Crippen molar-refractivity contribution in [2.45, 2.75) is 77.5 Å². The van der Waals surface area contributed by atoms with Gasteiger partial charge in [-0.3, -0.25) is 14.4 Å². The van der Waals surface area contributed by atoms with E-state index in [1.807, 2.05) is 13.8 Å². The smallest absolute Gasteiger partial charge is 0.326 e. The number of phenolic OH excluding ortho intramolecular Hbond substituents is 1. The first-order valence-electron chi connectivity index (χ1n) is 12.1. The molecule has 3 amide bonds. The van der Waals surface area contributed by atoms with Crippen LogP contribution in [0, 0.1) is 11.8 Å². The predicted octanol–water partition coefficient (Wildman–Crippen LogP) is 0.928. The Morgan fingerprint density at radius 1 is 0.971 bits per heavy atom. The highest BCUT2D eigenvalue weighted by atomic mass is 16.4. The minimum Gasteiger partial charge on any atom is -0.508 e. The van der Waals surface area contributed by atoms with Crippen LogP contribution in [0.15, 0.2) is 24.3 Å². The molecule has 4 unspecified atom stereocenters. The summed E-state index contributed by atoms with van der Waals surface area (Å²) in [5, 5.41) is 30.2. The molecule has 1 aromatic rings. The Kier molecular flexibility index (Phi) is 10.5. The van der Waals surface area contributed by atoms with Crippen molar-refractivity contribution in [1.82, 2.24) is 21.3 Å². The first kappa shape index (κ1) is 28.1. The maximum atomic E-state index is 13.3. The minimum absolute atomic E-state index is 0.0600. The maximum Gasteiger partial charge on any atom is 0.326 e. The summed E-state index contributed by atoms with van der Waals surface area (Å²) in [6.07, 6.45) is 2.03. The Morgan fingerprint density at radius 2 is 1.60 bits per heavy atom. The third kappa shape index (κ3) is 8.86. The summed E-state index contributed by atoms with van der Waals surface area (Å²) in [5.41, 5.74) is 0.666. The predicted molar refractivity (Wildman–Crippen MR) is 131 cm³/mol. The van der Waals surface area contributed by atoms with Crippen molar-refractivity contribution < 1.29 is 29.4 Å². The Hall–Kier alpha value is -3.14. The van der Waals surface area contributed by atoms with Gasteiger partial charge in [-0.15, -0.1) is 0 Å². The molecule has 1 fully saturated rings. The highest BCUT2D eigenvalue weighted by Crippen LogP contribution is 2.14. The summed E-state index contributed by atoms with van der Waals surface area (Å²) < 4.78 is 0. The van der Waals surface area contributed by atoms with Gasteiger partial charge in [0.2, 0.25) is 17.7 Å². The molecule has 0 spiro atoms. The first-order chi connectivity index (χ1) is 16.5. The Bertz CT molecular complexity index is 880. The van der Waals surface area contributed by atoms with E-state index in [9.17, 15) is 29.4 Å². The van der Waals surface area contributed by atoms with Gasteiger partial charge in [-0.25, -0.2) is 4.79 Å². The van der Waals surface area contributed by atoms with E-state index in [-0.39, 0.29) is 36.0 Å². The van der Waals surface area contributed by atoms with E-state index in [4.69, 9.17) is 0 Å². The number of hydrogen-bond donors (Lipinski definition) is 6. The molecule has 1 saturated heterocycles. The molecule has 1 aliphatic rings. The van der Waals surface area contributed by atoms with Gasteiger partial charge in [0, 0.05) is 6.42 Å². The van der Waals surface area contributed by atoms with Crippen molar-refractivity contribution in [3.8, 4) is 5.75 Å². The maximum absolute atomic E-state index is 13.3. The number of carbonyl (C=O) groups excluding carboxylic acids is 3. The SMILES string of the molecule is CC(C)CC(NC(=O)C1CCCN1)C(=O)NC(Cc1ccc(O)cc1)C(=O)NC(C(=O)O)C(C)C. The molecule has 0 aromatic heterocycles. The van der Waals surface area contributed by atoms with E-state index in [0.29, 0.717) is 18.4 Å². The Balaban J connectivity index is 2.22. The van der Waals surface area contributed by atoms with Gasteiger partial charge >= 0.3 is 5.97 Å². The van der Waals surface area contributed by atoms with Crippen LogP contribution in [-0.2, 0) is 25.6 Å². The lowest BCUT2D eigenvalue weighted by atomic mass is 9.99. The number of aliphatic carboxylic acids is 1. The number of carboxylic acid groups (broad SMARTS) is 1. The standard InChI is InChI=1S/C25H38N4O6/c1-14(2)12-19(27-22(31)18-6-5-11-26-18)23(32)28-20(13-16-7-9-17(30)10-8-16)24(33)29-21(15(3)4)25(34)35/h7-10,14-15,18-21,26,30H,5-6,11-13H2,1-4H3,(H,27,31)(H,28,32)(H,29,33)(H,34,35). The van der Waals surface area contributed by atoms with Crippen LogP contribution in [0.4, 0.5) is 0 Å². The number of rotatable bonds is 12. The molecular formula is C25H38N4O6. The number of benzene rings is 1. The third-order valence-electron chi connectivity index (χ3n) is 5.96. The van der Waals surface area contributed by atoms with Gasteiger partial charge in [-0.2, -0.15) is 0 Å². The van der Waals surface area contributed by atoms with Crippen LogP contribution in [0.25, 0.3) is 0 Å². The number of nitrogens with one attached hydrogen (secondary N) is 4. The fourth-order valence-electron chi connectivity index (χ4n) is 4.00. The number of hydrogen-bond acceptors (Lipinski definition) is 6. The summed E-state index contributed by atoms with van der Waals surface area (Å²) in [6, 6.07) is 2.78. The minimum atomic E-state index is -1.17. The van der Waals surface area contributed by atoms with Gasteiger partial charge in [-0.1, -0.05) is 39.8 Å². The van der Waals surface area contributed by atoms with Gasteiger partial charge in [0.05, 0.1) is 6.04 Å². The second-order valence-electron chi connectivity index (χ2n) is 9.84. The summed E-state index contributed by atoms with van der Waals surface area (Å²) in [4.78, 5) is 50.6. The molecule has 10 nitrogen and oxygen atoms in total. The molecule has 4 atom stereocenters.